The van der Waals surface area contributed by atoms with E-state index >= 15 is 0 Å². The Kier molecular flexibility index (Phi) is 3.24. The Labute approximate surface area is 108 Å². The minimum absolute atomic E-state index is 0.0466. The van der Waals surface area contributed by atoms with Gasteiger partial charge in [0.1, 0.15) is 0 Å². The molecule has 0 atom stereocenters. The second-order valence-corrected chi connectivity index (χ2v) is 4.65. The predicted octanol–water partition coefficient (Wildman–Crippen LogP) is 2.70. The Morgan fingerprint density at radius 1 is 1.17 bits per heavy atom. The van der Waals surface area contributed by atoms with Crippen molar-refractivity contribution < 1.29 is 4.79 Å². The molecule has 3 heteroatoms. The van der Waals surface area contributed by atoms with E-state index in [1.54, 1.807) is 19.0 Å². The van der Waals surface area contributed by atoms with Gasteiger partial charge in [-0.25, -0.2) is 0 Å². The summed E-state index contributed by atoms with van der Waals surface area (Å²) < 4.78 is 2.06. The third-order valence-electron chi connectivity index (χ3n) is 3.24. The average molecular weight is 242 g/mol. The van der Waals surface area contributed by atoms with Gasteiger partial charge in [-0.1, -0.05) is 30.3 Å². The highest BCUT2D eigenvalue weighted by Gasteiger charge is 2.17. The van der Waals surface area contributed by atoms with E-state index in [1.807, 2.05) is 38.2 Å². The molecular formula is C15H18N2O. The number of carbonyl (C=O) groups excluding carboxylic acids is 1. The van der Waals surface area contributed by atoms with E-state index in [4.69, 9.17) is 0 Å². The molecule has 1 heterocycles. The van der Waals surface area contributed by atoms with Gasteiger partial charge < -0.3 is 9.47 Å². The molecule has 2 rings (SSSR count). The number of carbonyl (C=O) groups is 1. The molecular weight excluding hydrogens is 224 g/mol. The van der Waals surface area contributed by atoms with E-state index in [2.05, 4.69) is 16.7 Å². The van der Waals surface area contributed by atoms with Crippen LogP contribution < -0.4 is 0 Å². The standard InChI is InChI=1S/C15H18N2O/c1-11-13(15(18)16(2)3)10-14(17(11)4)12-8-6-5-7-9-12/h5-10H,1-4H3. The molecule has 18 heavy (non-hydrogen) atoms. The summed E-state index contributed by atoms with van der Waals surface area (Å²) in [6.07, 6.45) is 0. The summed E-state index contributed by atoms with van der Waals surface area (Å²) in [6, 6.07) is 12.1. The van der Waals surface area contributed by atoms with Crippen molar-refractivity contribution in [3.63, 3.8) is 0 Å². The highest BCUT2D eigenvalue weighted by atomic mass is 16.2. The van der Waals surface area contributed by atoms with Gasteiger partial charge in [-0.2, -0.15) is 0 Å². The van der Waals surface area contributed by atoms with E-state index in [0.717, 1.165) is 22.5 Å². The summed E-state index contributed by atoms with van der Waals surface area (Å²) >= 11 is 0. The second-order valence-electron chi connectivity index (χ2n) is 4.65. The van der Waals surface area contributed by atoms with Gasteiger partial charge in [0, 0.05) is 32.5 Å². The lowest BCUT2D eigenvalue weighted by Crippen LogP contribution is -2.22. The zero-order valence-electron chi connectivity index (χ0n) is 11.3. The van der Waals surface area contributed by atoms with Crippen LogP contribution in [-0.2, 0) is 7.05 Å². The van der Waals surface area contributed by atoms with Gasteiger partial charge in [0.25, 0.3) is 5.91 Å². The number of amides is 1. The van der Waals surface area contributed by atoms with E-state index < -0.39 is 0 Å². The largest absolute Gasteiger partial charge is 0.347 e. The number of hydrogen-bond donors (Lipinski definition) is 0. The van der Waals surface area contributed by atoms with Crippen molar-refractivity contribution in [2.75, 3.05) is 14.1 Å². The number of nitrogens with zero attached hydrogens (tertiary/aromatic N) is 2. The fourth-order valence-corrected chi connectivity index (χ4v) is 2.04. The maximum atomic E-state index is 12.1. The van der Waals surface area contributed by atoms with Crippen molar-refractivity contribution in [3.8, 4) is 11.3 Å². The molecule has 0 saturated heterocycles. The van der Waals surface area contributed by atoms with Crippen LogP contribution in [0, 0.1) is 6.92 Å². The van der Waals surface area contributed by atoms with Crippen molar-refractivity contribution in [2.45, 2.75) is 6.92 Å². The Bertz CT molecular complexity index is 568. The molecule has 0 unspecified atom stereocenters. The summed E-state index contributed by atoms with van der Waals surface area (Å²) in [5.74, 6) is 0.0466. The topological polar surface area (TPSA) is 25.2 Å². The molecule has 0 saturated carbocycles. The fourth-order valence-electron chi connectivity index (χ4n) is 2.04. The first-order chi connectivity index (χ1) is 8.52. The molecule has 2 aromatic rings. The molecule has 0 spiro atoms. The Morgan fingerprint density at radius 3 is 2.33 bits per heavy atom. The Balaban J connectivity index is 2.53. The Hall–Kier alpha value is -2.03. The van der Waals surface area contributed by atoms with Crippen LogP contribution in [0.3, 0.4) is 0 Å². The average Bonchev–Trinajstić information content (AvgIpc) is 2.67. The zero-order valence-corrected chi connectivity index (χ0v) is 11.3. The van der Waals surface area contributed by atoms with Crippen LogP contribution >= 0.6 is 0 Å². The van der Waals surface area contributed by atoms with Crippen LogP contribution in [0.15, 0.2) is 36.4 Å². The van der Waals surface area contributed by atoms with Crippen LogP contribution in [0.2, 0.25) is 0 Å². The van der Waals surface area contributed by atoms with Crippen LogP contribution in [0.1, 0.15) is 16.1 Å². The molecule has 94 valence electrons. The van der Waals surface area contributed by atoms with Gasteiger partial charge in [-0.3, -0.25) is 4.79 Å². The summed E-state index contributed by atoms with van der Waals surface area (Å²) in [4.78, 5) is 13.7. The highest BCUT2D eigenvalue weighted by Crippen LogP contribution is 2.25. The van der Waals surface area contributed by atoms with Crippen LogP contribution in [0.25, 0.3) is 11.3 Å². The molecule has 1 aromatic heterocycles. The molecule has 0 aliphatic heterocycles. The van der Waals surface area contributed by atoms with Gasteiger partial charge in [0.15, 0.2) is 0 Å². The molecule has 1 aromatic carbocycles. The quantitative estimate of drug-likeness (QED) is 0.795. The van der Waals surface area contributed by atoms with Gasteiger partial charge in [-0.05, 0) is 18.6 Å². The second kappa shape index (κ2) is 4.69. The van der Waals surface area contributed by atoms with Crippen LogP contribution in [0.4, 0.5) is 0 Å². The lowest BCUT2D eigenvalue weighted by molar-refractivity contribution is 0.0827. The minimum atomic E-state index is 0.0466. The molecule has 0 N–H and O–H groups in total. The molecule has 3 nitrogen and oxygen atoms in total. The monoisotopic (exact) mass is 242 g/mol. The van der Waals surface area contributed by atoms with Crippen molar-refractivity contribution >= 4 is 5.91 Å². The third-order valence-corrected chi connectivity index (χ3v) is 3.24. The lowest BCUT2D eigenvalue weighted by atomic mass is 10.1. The summed E-state index contributed by atoms with van der Waals surface area (Å²) in [5, 5.41) is 0. The first-order valence-corrected chi connectivity index (χ1v) is 5.95. The first kappa shape index (κ1) is 12.4. The predicted molar refractivity (Wildman–Crippen MR) is 73.6 cm³/mol. The van der Waals surface area contributed by atoms with E-state index in [-0.39, 0.29) is 5.91 Å². The highest BCUT2D eigenvalue weighted by molar-refractivity contribution is 5.96. The maximum absolute atomic E-state index is 12.1. The number of rotatable bonds is 2. The molecule has 0 aliphatic rings. The minimum Gasteiger partial charge on any atom is -0.347 e. The molecule has 0 aliphatic carbocycles. The van der Waals surface area contributed by atoms with Gasteiger partial charge in [0.2, 0.25) is 0 Å². The summed E-state index contributed by atoms with van der Waals surface area (Å²) in [6.45, 7) is 1.98. The zero-order chi connectivity index (χ0) is 13.3. The van der Waals surface area contributed by atoms with Crippen LogP contribution in [-0.4, -0.2) is 29.5 Å². The normalized spacial score (nSPS) is 10.4. The summed E-state index contributed by atoms with van der Waals surface area (Å²) in [7, 11) is 5.54. The maximum Gasteiger partial charge on any atom is 0.255 e. The summed E-state index contributed by atoms with van der Waals surface area (Å²) in [5.41, 5.74) is 3.95. The number of aromatic nitrogens is 1. The van der Waals surface area contributed by atoms with Crippen molar-refractivity contribution in [3.05, 3.63) is 47.7 Å². The number of hydrogen-bond acceptors (Lipinski definition) is 1. The SMILES string of the molecule is Cc1c(C(=O)N(C)C)cc(-c2ccccc2)n1C. The van der Waals surface area contributed by atoms with E-state index in [1.165, 1.54) is 0 Å². The van der Waals surface area contributed by atoms with Gasteiger partial charge in [0.05, 0.1) is 5.56 Å². The van der Waals surface area contributed by atoms with Crippen molar-refractivity contribution in [1.29, 1.82) is 0 Å². The lowest BCUT2D eigenvalue weighted by Gasteiger charge is -2.09. The van der Waals surface area contributed by atoms with Crippen LogP contribution in [0.5, 0.6) is 0 Å². The molecule has 0 radical (unpaired) electrons. The number of benzene rings is 1. The Morgan fingerprint density at radius 2 is 1.78 bits per heavy atom. The van der Waals surface area contributed by atoms with Crippen molar-refractivity contribution in [2.24, 2.45) is 7.05 Å². The first-order valence-electron chi connectivity index (χ1n) is 5.95. The molecule has 1 amide bonds. The fraction of sp³-hybridized carbons (Fsp3) is 0.267. The molecule has 0 fully saturated rings. The van der Waals surface area contributed by atoms with Crippen molar-refractivity contribution in [1.82, 2.24) is 9.47 Å². The van der Waals surface area contributed by atoms with Gasteiger partial charge in [-0.15, -0.1) is 0 Å². The smallest absolute Gasteiger partial charge is 0.255 e. The molecule has 0 bridgehead atoms. The third kappa shape index (κ3) is 2.04. The van der Waals surface area contributed by atoms with E-state index in [9.17, 15) is 4.79 Å². The van der Waals surface area contributed by atoms with E-state index in [0.29, 0.717) is 0 Å². The van der Waals surface area contributed by atoms with Gasteiger partial charge >= 0.3 is 0 Å².